The highest BCUT2D eigenvalue weighted by Gasteiger charge is 2.47. The van der Waals surface area contributed by atoms with Crippen molar-refractivity contribution in [1.29, 1.82) is 0 Å². The number of ketones is 3. The summed E-state index contributed by atoms with van der Waals surface area (Å²) >= 11 is 0. The summed E-state index contributed by atoms with van der Waals surface area (Å²) in [5.41, 5.74) is -0.304. The van der Waals surface area contributed by atoms with Crippen LogP contribution in [-0.2, 0) is 14.9 Å². The van der Waals surface area contributed by atoms with Gasteiger partial charge < -0.3 is 0 Å². The van der Waals surface area contributed by atoms with Crippen LogP contribution < -0.4 is 0 Å². The van der Waals surface area contributed by atoms with E-state index in [2.05, 4.69) is 0 Å². The molecule has 0 fully saturated rings. The van der Waals surface area contributed by atoms with Gasteiger partial charge in [0.2, 0.25) is 16.8 Å². The van der Waals surface area contributed by atoms with Crippen LogP contribution in [0.2, 0.25) is 0 Å². The number of benzene rings is 1. The Labute approximate surface area is 96.0 Å². The van der Waals surface area contributed by atoms with Gasteiger partial charge in [0, 0.05) is 11.1 Å². The van der Waals surface area contributed by atoms with Gasteiger partial charge in [0.25, 0.3) is 10.1 Å². The molecule has 1 aromatic rings. The van der Waals surface area contributed by atoms with Crippen LogP contribution in [0.4, 0.5) is 0 Å². The van der Waals surface area contributed by atoms with Gasteiger partial charge >= 0.3 is 0 Å². The fourth-order valence-corrected chi connectivity index (χ4v) is 2.45. The van der Waals surface area contributed by atoms with Crippen LogP contribution in [0.5, 0.6) is 0 Å². The minimum absolute atomic E-state index is 0.137. The predicted octanol–water partition coefficient (Wildman–Crippen LogP) is -0.109. The van der Waals surface area contributed by atoms with E-state index in [-0.39, 0.29) is 11.1 Å². The summed E-state index contributed by atoms with van der Waals surface area (Å²) in [6.45, 7) is 0. The van der Waals surface area contributed by atoms with E-state index in [0.29, 0.717) is 0 Å². The molecule has 0 spiro atoms. The monoisotopic (exact) mass is 254 g/mol. The number of carbonyl (C=O) groups excluding carboxylic acids is 3. The zero-order valence-electron chi connectivity index (χ0n) is 8.28. The molecule has 1 aliphatic carbocycles. The van der Waals surface area contributed by atoms with E-state index < -0.39 is 32.7 Å². The Hall–Kier alpha value is -1.86. The lowest BCUT2D eigenvalue weighted by Crippen LogP contribution is -2.46. The van der Waals surface area contributed by atoms with E-state index in [1.165, 1.54) is 24.3 Å². The first kappa shape index (κ1) is 11.6. The van der Waals surface area contributed by atoms with Gasteiger partial charge in [-0.15, -0.1) is 0 Å². The molecule has 17 heavy (non-hydrogen) atoms. The van der Waals surface area contributed by atoms with E-state index >= 15 is 0 Å². The zero-order chi connectivity index (χ0) is 12.8. The fraction of sp³-hybridized carbons (Fsp3) is 0.100. The maximum absolute atomic E-state index is 11.7. The summed E-state index contributed by atoms with van der Waals surface area (Å²) in [4.78, 5) is 34.7. The minimum Gasteiger partial charge on any atom is -0.292 e. The summed E-state index contributed by atoms with van der Waals surface area (Å²) in [6.07, 6.45) is 0. The Kier molecular flexibility index (Phi) is 2.44. The maximum Gasteiger partial charge on any atom is 0.283 e. The largest absolute Gasteiger partial charge is 0.292 e. The number of hydrogen-bond donors (Lipinski definition) is 1. The molecule has 1 aliphatic rings. The molecule has 0 amide bonds. The quantitative estimate of drug-likeness (QED) is 0.426. The molecule has 6 nitrogen and oxygen atoms in total. The fourth-order valence-electron chi connectivity index (χ4n) is 1.68. The number of fused-ring (bicyclic) bond motifs is 1. The van der Waals surface area contributed by atoms with E-state index in [4.69, 9.17) is 4.55 Å². The molecule has 1 atom stereocenters. The Bertz CT molecular complexity index is 643. The van der Waals surface area contributed by atoms with Crippen LogP contribution >= 0.6 is 0 Å². The molecule has 0 aliphatic heterocycles. The molecule has 1 N–H and O–H groups in total. The van der Waals surface area contributed by atoms with Crippen molar-refractivity contribution in [3.63, 3.8) is 0 Å². The molecule has 1 unspecified atom stereocenters. The van der Waals surface area contributed by atoms with E-state index in [1.807, 2.05) is 0 Å². The van der Waals surface area contributed by atoms with Crippen molar-refractivity contribution in [3.8, 4) is 0 Å². The third-order valence-electron chi connectivity index (χ3n) is 2.44. The van der Waals surface area contributed by atoms with Crippen molar-refractivity contribution in [2.24, 2.45) is 0 Å². The Balaban J connectivity index is 2.72. The Morgan fingerprint density at radius 2 is 1.47 bits per heavy atom. The summed E-state index contributed by atoms with van der Waals surface area (Å²) in [7, 11) is -4.92. The molecule has 0 aromatic heterocycles. The minimum atomic E-state index is -4.92. The molecule has 88 valence electrons. The third kappa shape index (κ3) is 1.69. The van der Waals surface area contributed by atoms with Crippen LogP contribution in [0.15, 0.2) is 24.3 Å². The molecule has 1 aromatic carbocycles. The molecule has 0 saturated carbocycles. The van der Waals surface area contributed by atoms with Crippen LogP contribution in [0.3, 0.4) is 0 Å². The number of Topliss-reactive ketones (excluding diaryl/α,β-unsaturated/α-hetero) is 3. The standard InChI is InChI=1S/C10H6O6S/c11-7-5-3-1-2-4-6(5)8(12)10(9(7)13)17(14,15)16/h1-4,10H,(H,14,15,16). The zero-order valence-corrected chi connectivity index (χ0v) is 9.10. The van der Waals surface area contributed by atoms with Crippen molar-refractivity contribution in [3.05, 3.63) is 35.4 Å². The van der Waals surface area contributed by atoms with Crippen molar-refractivity contribution in [1.82, 2.24) is 0 Å². The lowest BCUT2D eigenvalue weighted by atomic mass is 9.88. The number of carbonyl (C=O) groups is 3. The number of rotatable bonds is 1. The SMILES string of the molecule is O=C1C(=O)C(S(=O)(=O)O)C(=O)c2ccccc21. The maximum atomic E-state index is 11.7. The van der Waals surface area contributed by atoms with E-state index in [0.717, 1.165) is 0 Å². The first-order valence-corrected chi connectivity index (χ1v) is 6.02. The van der Waals surface area contributed by atoms with Gasteiger partial charge in [-0.05, 0) is 0 Å². The second-order valence-corrected chi connectivity index (χ2v) is 5.00. The third-order valence-corrected chi connectivity index (χ3v) is 3.46. The van der Waals surface area contributed by atoms with Gasteiger partial charge in [-0.2, -0.15) is 8.42 Å². The highest BCUT2D eigenvalue weighted by molar-refractivity contribution is 7.88. The second kappa shape index (κ2) is 3.57. The number of hydrogen-bond acceptors (Lipinski definition) is 5. The summed E-state index contributed by atoms with van der Waals surface area (Å²) in [5.74, 6) is -3.58. The molecule has 0 heterocycles. The molecule has 7 heteroatoms. The second-order valence-electron chi connectivity index (χ2n) is 3.50. The highest BCUT2D eigenvalue weighted by Crippen LogP contribution is 2.22. The van der Waals surface area contributed by atoms with Crippen LogP contribution in [0.1, 0.15) is 20.7 Å². The van der Waals surface area contributed by atoms with Gasteiger partial charge in [-0.1, -0.05) is 24.3 Å². The van der Waals surface area contributed by atoms with Gasteiger partial charge in [-0.25, -0.2) is 0 Å². The van der Waals surface area contributed by atoms with Gasteiger partial charge in [-0.3, -0.25) is 18.9 Å². The van der Waals surface area contributed by atoms with Crippen LogP contribution in [0.25, 0.3) is 0 Å². The molecule has 0 bridgehead atoms. The average Bonchev–Trinajstić information content (AvgIpc) is 2.24. The van der Waals surface area contributed by atoms with Crippen LogP contribution in [0, 0.1) is 0 Å². The average molecular weight is 254 g/mol. The Morgan fingerprint density at radius 3 is 2.00 bits per heavy atom. The lowest BCUT2D eigenvalue weighted by Gasteiger charge is -2.18. The van der Waals surface area contributed by atoms with Crippen molar-refractivity contribution < 1.29 is 27.4 Å². The predicted molar refractivity (Wildman–Crippen MR) is 55.4 cm³/mol. The van der Waals surface area contributed by atoms with Crippen LogP contribution in [-0.4, -0.2) is 35.6 Å². The molecule has 2 rings (SSSR count). The van der Waals surface area contributed by atoms with Crippen molar-refractivity contribution in [2.45, 2.75) is 5.25 Å². The van der Waals surface area contributed by atoms with Crippen molar-refractivity contribution in [2.75, 3.05) is 0 Å². The highest BCUT2D eigenvalue weighted by atomic mass is 32.2. The molecule has 0 saturated heterocycles. The van der Waals surface area contributed by atoms with Crippen molar-refractivity contribution >= 4 is 27.5 Å². The normalized spacial score (nSPS) is 20.3. The summed E-state index contributed by atoms with van der Waals surface area (Å²) < 4.78 is 30.7. The Morgan fingerprint density at radius 1 is 0.941 bits per heavy atom. The smallest absolute Gasteiger partial charge is 0.283 e. The first-order valence-electron chi connectivity index (χ1n) is 4.52. The van der Waals surface area contributed by atoms with Gasteiger partial charge in [0.1, 0.15) is 0 Å². The first-order chi connectivity index (χ1) is 7.84. The van der Waals surface area contributed by atoms with E-state index in [9.17, 15) is 22.8 Å². The summed E-state index contributed by atoms with van der Waals surface area (Å²) in [6, 6.07) is 5.37. The molecular formula is C10H6O6S. The van der Waals surface area contributed by atoms with Gasteiger partial charge in [0.15, 0.2) is 5.78 Å². The summed E-state index contributed by atoms with van der Waals surface area (Å²) in [5, 5.41) is -2.33. The van der Waals surface area contributed by atoms with Gasteiger partial charge in [0.05, 0.1) is 0 Å². The molecule has 0 radical (unpaired) electrons. The molecular weight excluding hydrogens is 248 g/mol. The van der Waals surface area contributed by atoms with E-state index in [1.54, 1.807) is 0 Å². The topological polar surface area (TPSA) is 106 Å². The lowest BCUT2D eigenvalue weighted by molar-refractivity contribution is -0.114.